The van der Waals surface area contributed by atoms with E-state index in [0.717, 1.165) is 6.07 Å². The molecule has 0 unspecified atom stereocenters. The quantitative estimate of drug-likeness (QED) is 0.898. The minimum atomic E-state index is -4.46. The van der Waals surface area contributed by atoms with E-state index in [2.05, 4.69) is 5.32 Å². The average Bonchev–Trinajstić information content (AvgIpc) is 2.27. The van der Waals surface area contributed by atoms with Gasteiger partial charge in [0, 0.05) is 12.1 Å². The summed E-state index contributed by atoms with van der Waals surface area (Å²) in [6.07, 6.45) is -4.78. The van der Waals surface area contributed by atoms with Crippen molar-refractivity contribution in [2.75, 3.05) is 6.54 Å². The lowest BCUT2D eigenvalue weighted by Crippen LogP contribution is -2.49. The smallest absolute Gasteiger partial charge is 0.350 e. The largest absolute Gasteiger partial charge is 0.416 e. The minimum absolute atomic E-state index is 0. The molecular formula is C13H18ClF3N2O. The van der Waals surface area contributed by atoms with Crippen LogP contribution in [0.4, 0.5) is 13.2 Å². The van der Waals surface area contributed by atoms with Gasteiger partial charge in [-0.1, -0.05) is 18.2 Å². The molecule has 0 saturated carbocycles. The van der Waals surface area contributed by atoms with Crippen molar-refractivity contribution in [1.82, 2.24) is 5.32 Å². The molecule has 3 N–H and O–H groups in total. The molecule has 0 aliphatic rings. The summed E-state index contributed by atoms with van der Waals surface area (Å²) in [5, 5.41) is 2.60. The molecule has 0 radical (unpaired) electrons. The monoisotopic (exact) mass is 310 g/mol. The van der Waals surface area contributed by atoms with E-state index in [1.54, 1.807) is 13.8 Å². The van der Waals surface area contributed by atoms with Crippen LogP contribution in [0.1, 0.15) is 25.0 Å². The molecule has 0 aromatic heterocycles. The van der Waals surface area contributed by atoms with Crippen LogP contribution in [-0.2, 0) is 17.4 Å². The van der Waals surface area contributed by atoms with Gasteiger partial charge >= 0.3 is 6.18 Å². The molecule has 7 heteroatoms. The van der Waals surface area contributed by atoms with Crippen molar-refractivity contribution >= 4 is 18.3 Å². The Morgan fingerprint density at radius 3 is 2.30 bits per heavy atom. The SMILES string of the molecule is CC(C)(CN)NC(=O)Cc1ccccc1C(F)(F)F.Cl. The second kappa shape index (κ2) is 6.95. The number of hydrogen-bond donors (Lipinski definition) is 2. The Bertz CT molecular complexity index is 461. The number of carbonyl (C=O) groups excluding carboxylic acids is 1. The van der Waals surface area contributed by atoms with Crippen LogP contribution in [0.3, 0.4) is 0 Å². The summed E-state index contributed by atoms with van der Waals surface area (Å²) in [6, 6.07) is 5.05. The predicted molar refractivity (Wildman–Crippen MR) is 73.7 cm³/mol. The normalized spacial score (nSPS) is 11.7. The van der Waals surface area contributed by atoms with E-state index in [1.165, 1.54) is 18.2 Å². The van der Waals surface area contributed by atoms with Gasteiger partial charge in [0.25, 0.3) is 0 Å². The number of rotatable bonds is 4. The van der Waals surface area contributed by atoms with Gasteiger partial charge in [0.15, 0.2) is 0 Å². The van der Waals surface area contributed by atoms with Gasteiger partial charge < -0.3 is 11.1 Å². The summed E-state index contributed by atoms with van der Waals surface area (Å²) in [6.45, 7) is 3.63. The third-order valence-electron chi connectivity index (χ3n) is 2.66. The Kier molecular flexibility index (Phi) is 6.50. The van der Waals surface area contributed by atoms with Crippen LogP contribution in [0.5, 0.6) is 0 Å². The maximum atomic E-state index is 12.8. The molecule has 0 atom stereocenters. The molecule has 1 aromatic carbocycles. The lowest BCUT2D eigenvalue weighted by Gasteiger charge is -2.24. The number of carbonyl (C=O) groups is 1. The first-order valence-corrected chi connectivity index (χ1v) is 5.82. The molecule has 0 bridgehead atoms. The standard InChI is InChI=1S/C13H17F3N2O.ClH/c1-12(2,8-17)18-11(19)7-9-5-3-4-6-10(9)13(14,15)16;/h3-6H,7-8,17H2,1-2H3,(H,18,19);1H. The maximum Gasteiger partial charge on any atom is 0.416 e. The van der Waals surface area contributed by atoms with E-state index in [9.17, 15) is 18.0 Å². The van der Waals surface area contributed by atoms with E-state index in [0.29, 0.717) is 0 Å². The molecule has 0 fully saturated rings. The number of nitrogens with two attached hydrogens (primary N) is 1. The Labute approximate surface area is 122 Å². The Morgan fingerprint density at radius 2 is 1.80 bits per heavy atom. The fraction of sp³-hybridized carbons (Fsp3) is 0.462. The Hall–Kier alpha value is -1.27. The van der Waals surface area contributed by atoms with Crippen LogP contribution < -0.4 is 11.1 Å². The number of nitrogens with one attached hydrogen (secondary N) is 1. The van der Waals surface area contributed by atoms with Crippen molar-refractivity contribution < 1.29 is 18.0 Å². The first-order chi connectivity index (χ1) is 8.65. The molecule has 20 heavy (non-hydrogen) atoms. The van der Waals surface area contributed by atoms with Crippen molar-refractivity contribution in [2.45, 2.75) is 32.0 Å². The summed E-state index contributed by atoms with van der Waals surface area (Å²) in [5.74, 6) is -0.479. The van der Waals surface area contributed by atoms with Crippen molar-refractivity contribution in [3.05, 3.63) is 35.4 Å². The van der Waals surface area contributed by atoms with Crippen LogP contribution in [0.15, 0.2) is 24.3 Å². The number of hydrogen-bond acceptors (Lipinski definition) is 2. The average molecular weight is 311 g/mol. The third-order valence-corrected chi connectivity index (χ3v) is 2.66. The van der Waals surface area contributed by atoms with E-state index in [-0.39, 0.29) is 30.9 Å². The van der Waals surface area contributed by atoms with Gasteiger partial charge in [-0.25, -0.2) is 0 Å². The van der Waals surface area contributed by atoms with Gasteiger partial charge in [0.2, 0.25) is 5.91 Å². The Morgan fingerprint density at radius 1 is 1.25 bits per heavy atom. The number of benzene rings is 1. The van der Waals surface area contributed by atoms with E-state index in [4.69, 9.17) is 5.73 Å². The molecule has 0 spiro atoms. The molecule has 0 aliphatic heterocycles. The topological polar surface area (TPSA) is 55.1 Å². The van der Waals surface area contributed by atoms with Gasteiger partial charge in [-0.2, -0.15) is 13.2 Å². The first kappa shape index (κ1) is 18.7. The number of alkyl halides is 3. The van der Waals surface area contributed by atoms with E-state index in [1.807, 2.05) is 0 Å². The molecule has 0 aliphatic carbocycles. The van der Waals surface area contributed by atoms with Crippen LogP contribution in [0, 0.1) is 0 Å². The molecule has 1 amide bonds. The fourth-order valence-electron chi connectivity index (χ4n) is 1.60. The highest BCUT2D eigenvalue weighted by Gasteiger charge is 2.33. The summed E-state index contributed by atoms with van der Waals surface area (Å²) in [5.41, 5.74) is 3.99. The van der Waals surface area contributed by atoms with Gasteiger partial charge in [-0.3, -0.25) is 4.79 Å². The molecule has 114 valence electrons. The van der Waals surface area contributed by atoms with E-state index < -0.39 is 23.2 Å². The van der Waals surface area contributed by atoms with Crippen LogP contribution in [0.25, 0.3) is 0 Å². The van der Waals surface area contributed by atoms with Gasteiger partial charge in [-0.05, 0) is 25.5 Å². The molecule has 1 rings (SSSR count). The fourth-order valence-corrected chi connectivity index (χ4v) is 1.60. The molecule has 0 saturated heterocycles. The zero-order valence-electron chi connectivity index (χ0n) is 11.3. The van der Waals surface area contributed by atoms with Crippen LogP contribution in [-0.4, -0.2) is 18.0 Å². The molecule has 0 heterocycles. The summed E-state index contributed by atoms with van der Waals surface area (Å²) < 4.78 is 38.3. The van der Waals surface area contributed by atoms with Crippen molar-refractivity contribution in [2.24, 2.45) is 5.73 Å². The highest BCUT2D eigenvalue weighted by Crippen LogP contribution is 2.32. The lowest BCUT2D eigenvalue weighted by atomic mass is 10.0. The van der Waals surface area contributed by atoms with E-state index >= 15 is 0 Å². The molecule has 1 aromatic rings. The minimum Gasteiger partial charge on any atom is -0.350 e. The number of halogens is 4. The van der Waals surface area contributed by atoms with Crippen molar-refractivity contribution in [3.63, 3.8) is 0 Å². The lowest BCUT2D eigenvalue weighted by molar-refractivity contribution is -0.138. The summed E-state index contributed by atoms with van der Waals surface area (Å²) in [4.78, 5) is 11.7. The zero-order valence-corrected chi connectivity index (χ0v) is 12.1. The third kappa shape index (κ3) is 5.38. The Balaban J connectivity index is 0.00000361. The first-order valence-electron chi connectivity index (χ1n) is 5.82. The summed E-state index contributed by atoms with van der Waals surface area (Å²) in [7, 11) is 0. The van der Waals surface area contributed by atoms with Crippen molar-refractivity contribution in [1.29, 1.82) is 0 Å². The zero-order chi connectivity index (χ0) is 14.7. The second-order valence-electron chi connectivity index (χ2n) is 4.97. The highest BCUT2D eigenvalue weighted by atomic mass is 35.5. The predicted octanol–water partition coefficient (Wildman–Crippen LogP) is 2.52. The summed E-state index contributed by atoms with van der Waals surface area (Å²) >= 11 is 0. The number of amides is 1. The molecular weight excluding hydrogens is 293 g/mol. The van der Waals surface area contributed by atoms with Crippen molar-refractivity contribution in [3.8, 4) is 0 Å². The van der Waals surface area contributed by atoms with Gasteiger partial charge in [-0.15, -0.1) is 12.4 Å². The van der Waals surface area contributed by atoms with Crippen LogP contribution in [0.2, 0.25) is 0 Å². The van der Waals surface area contributed by atoms with Crippen LogP contribution >= 0.6 is 12.4 Å². The van der Waals surface area contributed by atoms with Gasteiger partial charge in [0.1, 0.15) is 0 Å². The second-order valence-corrected chi connectivity index (χ2v) is 4.97. The maximum absolute atomic E-state index is 12.8. The molecule has 3 nitrogen and oxygen atoms in total. The highest BCUT2D eigenvalue weighted by molar-refractivity contribution is 5.85. The van der Waals surface area contributed by atoms with Gasteiger partial charge in [0.05, 0.1) is 12.0 Å².